The quantitative estimate of drug-likeness (QED) is 0.598. The zero-order valence-electron chi connectivity index (χ0n) is 17.5. The van der Waals surface area contributed by atoms with Crippen LogP contribution < -0.4 is 9.46 Å². The van der Waals surface area contributed by atoms with Crippen LogP contribution in [0.1, 0.15) is 66.8 Å². The highest BCUT2D eigenvalue weighted by Crippen LogP contribution is 2.46. The standard InChI is InChI=1S/C21H26F4N2O4S/c22-18-11-19(31-12-13-2-6-15(7-3-13)21(23,24)25)16(14-4-5-14)10-17(18)20(28)26-32(29,30)27-8-1-9-27/h10-11,13-15H,1-9,12H2,(H,26,28)/t13-,15+. The van der Waals surface area contributed by atoms with Crippen molar-refractivity contribution in [3.63, 3.8) is 0 Å². The Labute approximate surface area is 184 Å². The maximum absolute atomic E-state index is 14.7. The van der Waals surface area contributed by atoms with Crippen LogP contribution in [0, 0.1) is 17.7 Å². The maximum atomic E-state index is 14.7. The van der Waals surface area contributed by atoms with Gasteiger partial charge in [0.15, 0.2) is 0 Å². The Bertz CT molecular complexity index is 967. The Morgan fingerprint density at radius 2 is 1.75 bits per heavy atom. The first-order chi connectivity index (χ1) is 15.0. The van der Waals surface area contributed by atoms with Crippen molar-refractivity contribution in [2.45, 2.75) is 57.0 Å². The molecule has 2 aliphatic carbocycles. The van der Waals surface area contributed by atoms with Crippen LogP contribution in [0.3, 0.4) is 0 Å². The number of hydrogen-bond donors (Lipinski definition) is 1. The minimum absolute atomic E-state index is 0.0478. The van der Waals surface area contributed by atoms with E-state index in [2.05, 4.69) is 0 Å². The number of rotatable bonds is 7. The van der Waals surface area contributed by atoms with Gasteiger partial charge in [0, 0.05) is 19.2 Å². The van der Waals surface area contributed by atoms with Gasteiger partial charge < -0.3 is 4.74 Å². The molecule has 3 aliphatic rings. The molecule has 11 heteroatoms. The predicted octanol–water partition coefficient (Wildman–Crippen LogP) is 4.13. The van der Waals surface area contributed by atoms with Gasteiger partial charge in [-0.05, 0) is 68.4 Å². The monoisotopic (exact) mass is 478 g/mol. The van der Waals surface area contributed by atoms with E-state index < -0.39 is 34.0 Å². The second-order valence-corrected chi connectivity index (χ2v) is 10.6. The normalized spacial score (nSPS) is 24.6. The van der Waals surface area contributed by atoms with Crippen LogP contribution in [-0.2, 0) is 10.2 Å². The number of alkyl halides is 3. The topological polar surface area (TPSA) is 75.7 Å². The van der Waals surface area contributed by atoms with Crippen molar-refractivity contribution in [1.82, 2.24) is 9.03 Å². The molecule has 1 N–H and O–H groups in total. The van der Waals surface area contributed by atoms with E-state index in [0.717, 1.165) is 23.2 Å². The van der Waals surface area contributed by atoms with Crippen molar-refractivity contribution in [2.24, 2.45) is 11.8 Å². The number of carbonyl (C=O) groups excluding carboxylic acids is 1. The van der Waals surface area contributed by atoms with Crippen molar-refractivity contribution in [3.05, 3.63) is 29.1 Å². The number of carbonyl (C=O) groups is 1. The van der Waals surface area contributed by atoms with Gasteiger partial charge in [-0.25, -0.2) is 9.11 Å². The molecule has 1 heterocycles. The Morgan fingerprint density at radius 3 is 2.28 bits per heavy atom. The Balaban J connectivity index is 1.42. The van der Waals surface area contributed by atoms with Crippen LogP contribution in [-0.4, -0.2) is 44.5 Å². The molecule has 0 unspecified atom stereocenters. The summed E-state index contributed by atoms with van der Waals surface area (Å²) in [6, 6.07) is 2.42. The Kier molecular flexibility index (Phi) is 6.41. The summed E-state index contributed by atoms with van der Waals surface area (Å²) in [5.74, 6) is -2.90. The number of hydrogen-bond acceptors (Lipinski definition) is 4. The summed E-state index contributed by atoms with van der Waals surface area (Å²) >= 11 is 0. The van der Waals surface area contributed by atoms with E-state index in [1.165, 1.54) is 6.07 Å². The lowest BCUT2D eigenvalue weighted by Gasteiger charge is -2.30. The number of amides is 1. The lowest BCUT2D eigenvalue weighted by molar-refractivity contribution is -0.184. The molecule has 0 spiro atoms. The van der Waals surface area contributed by atoms with E-state index in [-0.39, 0.29) is 42.6 Å². The molecule has 178 valence electrons. The summed E-state index contributed by atoms with van der Waals surface area (Å²) in [4.78, 5) is 12.5. The summed E-state index contributed by atoms with van der Waals surface area (Å²) in [5, 5.41) is 0. The molecule has 1 aromatic carbocycles. The molecular weight excluding hydrogens is 452 g/mol. The molecule has 4 rings (SSSR count). The first-order valence-electron chi connectivity index (χ1n) is 10.9. The lowest BCUT2D eigenvalue weighted by Crippen LogP contribution is -2.49. The van der Waals surface area contributed by atoms with Gasteiger partial charge in [0.05, 0.1) is 18.1 Å². The second kappa shape index (κ2) is 8.81. The summed E-state index contributed by atoms with van der Waals surface area (Å²) < 4.78 is 86.3. The Morgan fingerprint density at radius 1 is 1.09 bits per heavy atom. The third-order valence-corrected chi connectivity index (χ3v) is 8.01. The molecule has 1 aromatic rings. The van der Waals surface area contributed by atoms with Crippen LogP contribution in [0.5, 0.6) is 5.75 Å². The van der Waals surface area contributed by atoms with Crippen LogP contribution in [0.2, 0.25) is 0 Å². The van der Waals surface area contributed by atoms with Gasteiger partial charge in [0.25, 0.3) is 5.91 Å². The van der Waals surface area contributed by atoms with Gasteiger partial charge in [-0.3, -0.25) is 4.79 Å². The van der Waals surface area contributed by atoms with Crippen molar-refractivity contribution >= 4 is 16.1 Å². The number of benzene rings is 1. The fraction of sp³-hybridized carbons (Fsp3) is 0.667. The first-order valence-corrected chi connectivity index (χ1v) is 12.3. The van der Waals surface area contributed by atoms with Crippen LogP contribution in [0.15, 0.2) is 12.1 Å². The van der Waals surface area contributed by atoms with Crippen molar-refractivity contribution in [3.8, 4) is 5.75 Å². The predicted molar refractivity (Wildman–Crippen MR) is 108 cm³/mol. The molecule has 0 atom stereocenters. The Hall–Kier alpha value is -1.88. The fourth-order valence-electron chi connectivity index (χ4n) is 4.21. The van der Waals surface area contributed by atoms with E-state index in [0.29, 0.717) is 37.9 Å². The highest BCUT2D eigenvalue weighted by Gasteiger charge is 2.41. The number of nitrogens with one attached hydrogen (secondary N) is 1. The maximum Gasteiger partial charge on any atom is 0.391 e. The van der Waals surface area contributed by atoms with Crippen LogP contribution in [0.25, 0.3) is 0 Å². The highest BCUT2D eigenvalue weighted by atomic mass is 32.2. The molecule has 1 saturated heterocycles. The first kappa shape index (κ1) is 23.3. The van der Waals surface area contributed by atoms with Crippen molar-refractivity contribution in [1.29, 1.82) is 0 Å². The minimum atomic E-state index is -4.17. The van der Waals surface area contributed by atoms with Gasteiger partial charge >= 0.3 is 16.4 Å². The zero-order chi connectivity index (χ0) is 23.1. The zero-order valence-corrected chi connectivity index (χ0v) is 18.3. The van der Waals surface area contributed by atoms with E-state index in [4.69, 9.17) is 4.74 Å². The second-order valence-electron chi connectivity index (χ2n) is 8.90. The molecule has 32 heavy (non-hydrogen) atoms. The van der Waals surface area contributed by atoms with E-state index in [9.17, 15) is 30.8 Å². The van der Waals surface area contributed by atoms with E-state index >= 15 is 0 Å². The van der Waals surface area contributed by atoms with Crippen molar-refractivity contribution < 1.29 is 35.5 Å². The third-order valence-electron chi connectivity index (χ3n) is 6.52. The molecule has 0 bridgehead atoms. The van der Waals surface area contributed by atoms with Gasteiger partial charge in [-0.15, -0.1) is 0 Å². The molecule has 1 aliphatic heterocycles. The van der Waals surface area contributed by atoms with Gasteiger partial charge in [0.2, 0.25) is 0 Å². The number of ether oxygens (including phenoxy) is 1. The molecule has 0 aromatic heterocycles. The van der Waals surface area contributed by atoms with E-state index in [1.54, 1.807) is 0 Å². The summed E-state index contributed by atoms with van der Waals surface area (Å²) in [6.07, 6.45) is -0.886. The summed E-state index contributed by atoms with van der Waals surface area (Å²) in [7, 11) is -4.00. The largest absolute Gasteiger partial charge is 0.493 e. The molecule has 0 radical (unpaired) electrons. The summed E-state index contributed by atoms with van der Waals surface area (Å²) in [5.41, 5.74) is 0.260. The molecule has 2 saturated carbocycles. The SMILES string of the molecule is O=C(NS(=O)(=O)N1CCC1)c1cc(C2CC2)c(OC[C@H]2CC[C@@H](C(F)(F)F)CC2)cc1F. The fourth-order valence-corrected chi connectivity index (χ4v) is 5.42. The van der Waals surface area contributed by atoms with Crippen molar-refractivity contribution in [2.75, 3.05) is 19.7 Å². The number of halogens is 4. The smallest absolute Gasteiger partial charge is 0.391 e. The average molecular weight is 479 g/mol. The molecule has 3 fully saturated rings. The van der Waals surface area contributed by atoms with Gasteiger partial charge in [-0.2, -0.15) is 25.9 Å². The minimum Gasteiger partial charge on any atom is -0.493 e. The lowest BCUT2D eigenvalue weighted by atomic mass is 9.82. The molecule has 1 amide bonds. The molecule has 6 nitrogen and oxygen atoms in total. The van der Waals surface area contributed by atoms with Gasteiger partial charge in [0.1, 0.15) is 11.6 Å². The third kappa shape index (κ3) is 5.19. The van der Waals surface area contributed by atoms with E-state index in [1.807, 2.05) is 4.72 Å². The highest BCUT2D eigenvalue weighted by molar-refractivity contribution is 7.87. The molecular formula is C21H26F4N2O4S. The summed E-state index contributed by atoms with van der Waals surface area (Å²) in [6.45, 7) is 0.810. The van der Waals surface area contributed by atoms with Gasteiger partial charge in [-0.1, -0.05) is 0 Å². The number of nitrogens with zero attached hydrogens (tertiary/aromatic N) is 1. The van der Waals surface area contributed by atoms with Crippen LogP contribution >= 0.6 is 0 Å². The van der Waals surface area contributed by atoms with Crippen LogP contribution in [0.4, 0.5) is 17.6 Å². The average Bonchev–Trinajstić information content (AvgIpc) is 3.48.